The number of esters is 1. The Morgan fingerprint density at radius 3 is 2.57 bits per heavy atom. The molecule has 9 heteroatoms. The van der Waals surface area contributed by atoms with Gasteiger partial charge in [-0.05, 0) is 19.1 Å². The van der Waals surface area contributed by atoms with Crippen molar-refractivity contribution in [2.75, 3.05) is 11.9 Å². The highest BCUT2D eigenvalue weighted by Crippen LogP contribution is 2.20. The van der Waals surface area contributed by atoms with Gasteiger partial charge in [0.1, 0.15) is 5.82 Å². The van der Waals surface area contributed by atoms with Crippen LogP contribution in [0.4, 0.5) is 14.6 Å². The van der Waals surface area contributed by atoms with Crippen molar-refractivity contribution >= 4 is 29.3 Å². The maximum atomic E-state index is 13.1. The van der Waals surface area contributed by atoms with Crippen molar-refractivity contribution in [3.8, 4) is 0 Å². The van der Waals surface area contributed by atoms with Gasteiger partial charge in [0.25, 0.3) is 5.91 Å². The number of benzene rings is 1. The molecule has 0 bridgehead atoms. The smallest absolute Gasteiger partial charge is 0.340 e. The van der Waals surface area contributed by atoms with Crippen molar-refractivity contribution in [2.45, 2.75) is 6.92 Å². The number of rotatable bonds is 4. The summed E-state index contributed by atoms with van der Waals surface area (Å²) >= 11 is 5.65. The summed E-state index contributed by atoms with van der Waals surface area (Å²) in [6.07, 6.45) is 0. The minimum atomic E-state index is -1.24. The molecule has 2 rings (SSSR count). The molecular formula is C14H12ClF2N3O3. The zero-order valence-electron chi connectivity index (χ0n) is 12.2. The van der Waals surface area contributed by atoms with Crippen LogP contribution in [-0.2, 0) is 16.6 Å². The van der Waals surface area contributed by atoms with Gasteiger partial charge in [-0.25, -0.2) is 13.6 Å². The van der Waals surface area contributed by atoms with Gasteiger partial charge in [-0.1, -0.05) is 11.6 Å². The highest BCUT2D eigenvalue weighted by molar-refractivity contribution is 6.33. The van der Waals surface area contributed by atoms with Crippen LogP contribution in [0.2, 0.25) is 5.02 Å². The van der Waals surface area contributed by atoms with Crippen molar-refractivity contribution < 1.29 is 23.1 Å². The second-order valence-corrected chi connectivity index (χ2v) is 5.07. The van der Waals surface area contributed by atoms with E-state index in [1.54, 1.807) is 20.0 Å². The van der Waals surface area contributed by atoms with Crippen molar-refractivity contribution in [3.05, 3.63) is 46.1 Å². The van der Waals surface area contributed by atoms with E-state index in [1.807, 2.05) is 0 Å². The Morgan fingerprint density at radius 2 is 1.96 bits per heavy atom. The molecule has 0 unspecified atom stereocenters. The number of nitrogens with one attached hydrogen (secondary N) is 1. The van der Waals surface area contributed by atoms with E-state index >= 15 is 0 Å². The normalized spacial score (nSPS) is 10.5. The average molecular weight is 344 g/mol. The Hall–Kier alpha value is -2.48. The van der Waals surface area contributed by atoms with Gasteiger partial charge in [-0.3, -0.25) is 9.48 Å². The first kappa shape index (κ1) is 16.9. The maximum Gasteiger partial charge on any atom is 0.340 e. The number of anilines is 1. The van der Waals surface area contributed by atoms with Crippen molar-refractivity contribution in [1.29, 1.82) is 0 Å². The van der Waals surface area contributed by atoms with E-state index in [1.165, 1.54) is 4.68 Å². The van der Waals surface area contributed by atoms with Gasteiger partial charge >= 0.3 is 5.97 Å². The Labute approximate surface area is 135 Å². The Bertz CT molecular complexity index is 777. The van der Waals surface area contributed by atoms with E-state index in [-0.39, 0.29) is 10.6 Å². The summed E-state index contributed by atoms with van der Waals surface area (Å²) in [5, 5.41) is 6.22. The fourth-order valence-electron chi connectivity index (χ4n) is 1.79. The second kappa shape index (κ2) is 6.74. The minimum Gasteiger partial charge on any atom is -0.452 e. The maximum absolute atomic E-state index is 13.1. The van der Waals surface area contributed by atoms with Gasteiger partial charge in [0, 0.05) is 13.1 Å². The van der Waals surface area contributed by atoms with Crippen LogP contribution in [0.3, 0.4) is 0 Å². The van der Waals surface area contributed by atoms with Gasteiger partial charge in [-0.2, -0.15) is 5.10 Å². The lowest BCUT2D eigenvalue weighted by Gasteiger charge is -2.08. The number of ether oxygens (including phenoxy) is 1. The lowest BCUT2D eigenvalue weighted by molar-refractivity contribution is -0.119. The third kappa shape index (κ3) is 4.04. The van der Waals surface area contributed by atoms with Gasteiger partial charge < -0.3 is 10.1 Å². The van der Waals surface area contributed by atoms with Gasteiger partial charge in [-0.15, -0.1) is 0 Å². The van der Waals surface area contributed by atoms with Gasteiger partial charge in [0.15, 0.2) is 18.2 Å². The summed E-state index contributed by atoms with van der Waals surface area (Å²) in [6.45, 7) is 1.14. The average Bonchev–Trinajstić information content (AvgIpc) is 2.78. The quantitative estimate of drug-likeness (QED) is 0.683. The molecule has 6 nitrogen and oxygen atoms in total. The molecule has 23 heavy (non-hydrogen) atoms. The molecule has 2 aromatic rings. The molecule has 1 aromatic heterocycles. The first-order valence-electron chi connectivity index (χ1n) is 6.40. The topological polar surface area (TPSA) is 73.2 Å². The molecule has 0 aliphatic carbocycles. The van der Waals surface area contributed by atoms with Crippen LogP contribution in [0.25, 0.3) is 0 Å². The lowest BCUT2D eigenvalue weighted by Crippen LogP contribution is -2.22. The third-order valence-corrected chi connectivity index (χ3v) is 3.15. The van der Waals surface area contributed by atoms with Crippen LogP contribution < -0.4 is 5.32 Å². The zero-order chi connectivity index (χ0) is 17.1. The number of nitrogens with zero attached hydrogens (tertiary/aromatic N) is 2. The van der Waals surface area contributed by atoms with Crippen LogP contribution in [0, 0.1) is 18.6 Å². The summed E-state index contributed by atoms with van der Waals surface area (Å²) < 4.78 is 32.2. The third-order valence-electron chi connectivity index (χ3n) is 2.83. The summed E-state index contributed by atoms with van der Waals surface area (Å²) in [7, 11) is 1.63. The van der Waals surface area contributed by atoms with Crippen molar-refractivity contribution in [2.24, 2.45) is 7.05 Å². The molecule has 122 valence electrons. The predicted molar refractivity (Wildman–Crippen MR) is 78.2 cm³/mol. The molecule has 1 aromatic carbocycles. The minimum absolute atomic E-state index is 0.309. The predicted octanol–water partition coefficient (Wildman–Crippen LogP) is 2.46. The molecule has 0 atom stereocenters. The van der Waals surface area contributed by atoms with E-state index in [4.69, 9.17) is 16.3 Å². The van der Waals surface area contributed by atoms with Crippen LogP contribution >= 0.6 is 11.6 Å². The number of hydrogen-bond donors (Lipinski definition) is 1. The fraction of sp³-hybridized carbons (Fsp3) is 0.214. The van der Waals surface area contributed by atoms with Crippen LogP contribution in [0.1, 0.15) is 16.1 Å². The summed E-state index contributed by atoms with van der Waals surface area (Å²) in [4.78, 5) is 23.5. The second-order valence-electron chi connectivity index (χ2n) is 4.67. The highest BCUT2D eigenvalue weighted by Gasteiger charge is 2.18. The molecule has 1 N–H and O–H groups in total. The first-order valence-corrected chi connectivity index (χ1v) is 6.78. The number of carbonyl (C=O) groups excluding carboxylic acids is 2. The van der Waals surface area contributed by atoms with E-state index in [2.05, 4.69) is 10.4 Å². The molecular weight excluding hydrogens is 332 g/mol. The number of amides is 1. The molecule has 0 saturated heterocycles. The molecule has 0 aliphatic rings. The monoisotopic (exact) mass is 343 g/mol. The largest absolute Gasteiger partial charge is 0.452 e. The van der Waals surface area contributed by atoms with Crippen LogP contribution in [-0.4, -0.2) is 28.3 Å². The Morgan fingerprint density at radius 1 is 1.30 bits per heavy atom. The number of aryl methyl sites for hydroxylation is 2. The summed E-state index contributed by atoms with van der Waals surface area (Å²) in [5.41, 5.74) is 0.336. The molecule has 0 saturated carbocycles. The molecule has 0 fully saturated rings. The van der Waals surface area contributed by atoms with E-state index < -0.39 is 30.1 Å². The summed E-state index contributed by atoms with van der Waals surface area (Å²) in [6, 6.07) is 2.90. The number of hydrogen-bond acceptors (Lipinski definition) is 4. The number of halogens is 3. The zero-order valence-corrected chi connectivity index (χ0v) is 12.9. The van der Waals surface area contributed by atoms with Crippen molar-refractivity contribution in [1.82, 2.24) is 9.78 Å². The first-order chi connectivity index (χ1) is 10.8. The number of aromatic nitrogens is 2. The molecule has 1 amide bonds. The van der Waals surface area contributed by atoms with Crippen molar-refractivity contribution in [3.63, 3.8) is 0 Å². The van der Waals surface area contributed by atoms with Gasteiger partial charge in [0.05, 0.1) is 16.3 Å². The fourth-order valence-corrected chi connectivity index (χ4v) is 2.02. The van der Waals surface area contributed by atoms with E-state index in [0.29, 0.717) is 23.6 Å². The Kier molecular flexibility index (Phi) is 4.95. The molecule has 0 spiro atoms. The summed E-state index contributed by atoms with van der Waals surface area (Å²) in [5.74, 6) is -3.65. The standard InChI is InChI=1S/C14H12ClF2N3O3/c1-7-3-12(20(2)19-7)18-13(21)6-23-14(22)8-4-10(16)11(17)5-9(8)15/h3-5H,6H2,1-2H3,(H,18,21). The Balaban J connectivity index is 1.98. The molecule has 1 heterocycles. The SMILES string of the molecule is Cc1cc(NC(=O)COC(=O)c2cc(F)c(F)cc2Cl)n(C)n1. The molecule has 0 radical (unpaired) electrons. The van der Waals surface area contributed by atoms with Crippen LogP contribution in [0.15, 0.2) is 18.2 Å². The lowest BCUT2D eigenvalue weighted by atomic mass is 10.2. The van der Waals surface area contributed by atoms with Gasteiger partial charge in [0.2, 0.25) is 0 Å². The molecule has 0 aliphatic heterocycles. The van der Waals surface area contributed by atoms with E-state index in [0.717, 1.165) is 0 Å². The highest BCUT2D eigenvalue weighted by atomic mass is 35.5. The van der Waals surface area contributed by atoms with Crippen LogP contribution in [0.5, 0.6) is 0 Å². The van der Waals surface area contributed by atoms with E-state index in [9.17, 15) is 18.4 Å². The number of carbonyl (C=O) groups is 2.